The summed E-state index contributed by atoms with van der Waals surface area (Å²) in [7, 11) is -5.82. The van der Waals surface area contributed by atoms with E-state index in [4.69, 9.17) is 28.0 Å². The summed E-state index contributed by atoms with van der Waals surface area (Å²) in [5.74, 6) is -0.885. The molecule has 0 saturated heterocycles. The van der Waals surface area contributed by atoms with E-state index in [1.165, 1.54) is 24.3 Å². The smallest absolute Gasteiger partial charge is 0.333 e. The van der Waals surface area contributed by atoms with E-state index >= 15 is 0 Å². The van der Waals surface area contributed by atoms with Crippen molar-refractivity contribution in [3.8, 4) is 17.5 Å². The van der Waals surface area contributed by atoms with E-state index in [0.717, 1.165) is 40.6 Å². The van der Waals surface area contributed by atoms with Gasteiger partial charge in [0.05, 0.1) is 61.7 Å². The highest BCUT2D eigenvalue weighted by Crippen LogP contribution is 2.49. The van der Waals surface area contributed by atoms with Gasteiger partial charge >= 0.3 is 5.97 Å². The van der Waals surface area contributed by atoms with Gasteiger partial charge in [-0.25, -0.2) is 4.79 Å². The Hall–Kier alpha value is -5.80. The highest BCUT2D eigenvalue weighted by atomic mass is 32.2. The van der Waals surface area contributed by atoms with Crippen molar-refractivity contribution in [1.29, 1.82) is 0 Å². The first-order valence-electron chi connectivity index (χ1n) is 22.6. The van der Waals surface area contributed by atoms with Gasteiger partial charge in [0.2, 0.25) is 17.4 Å². The van der Waals surface area contributed by atoms with E-state index in [-0.39, 0.29) is 42.9 Å². The lowest BCUT2D eigenvalue weighted by atomic mass is 9.74. The van der Waals surface area contributed by atoms with Crippen LogP contribution in [0.2, 0.25) is 0 Å². The fourth-order valence-corrected chi connectivity index (χ4v) is 10.3. The number of benzene rings is 3. The lowest BCUT2D eigenvalue weighted by molar-refractivity contribution is -0.437. The highest BCUT2D eigenvalue weighted by molar-refractivity contribution is 7.86. The van der Waals surface area contributed by atoms with Crippen LogP contribution < -0.4 is 14.5 Å². The normalized spacial score (nSPS) is 18.1. The molecule has 7 rings (SSSR count). The minimum atomic E-state index is -4.68. The SMILES string of the molecule is COCCOCCOCCN1c2cc3c(cc2C(C)=CC1(C)C)C(=CC1=[N+](CCCS(=O)(=O)OC)c2ccc(S(=O)(=O)O)cc2C1(C)CCCC(=O)On1c(O)ccc1O)C=C(c1ccccc1)O3. The summed E-state index contributed by atoms with van der Waals surface area (Å²) in [5.41, 5.74) is 5.53. The number of anilines is 1. The molecule has 1 aromatic heterocycles. The highest BCUT2D eigenvalue weighted by Gasteiger charge is 2.49. The van der Waals surface area contributed by atoms with E-state index < -0.39 is 48.9 Å². The fourth-order valence-electron chi connectivity index (χ4n) is 9.19. The number of carbonyl (C=O) groups excluding carboxylic acids is 1. The molecule has 3 aliphatic rings. The van der Waals surface area contributed by atoms with Crippen molar-refractivity contribution >= 4 is 60.2 Å². The Kier molecular flexibility index (Phi) is 15.6. The third-order valence-corrected chi connectivity index (χ3v) is 14.7. The van der Waals surface area contributed by atoms with Crippen LogP contribution in [0.15, 0.2) is 95.9 Å². The van der Waals surface area contributed by atoms with Crippen molar-refractivity contribution in [2.75, 3.05) is 71.0 Å². The second-order valence-corrected chi connectivity index (χ2v) is 21.0. The molecule has 1 atom stereocenters. The molecule has 0 amide bonds. The molecule has 3 aliphatic heterocycles. The van der Waals surface area contributed by atoms with Gasteiger partial charge in [-0.2, -0.15) is 21.4 Å². The molecule has 0 saturated carbocycles. The first-order chi connectivity index (χ1) is 32.8. The van der Waals surface area contributed by atoms with Crippen LogP contribution in [-0.4, -0.2) is 124 Å². The third kappa shape index (κ3) is 11.5. The van der Waals surface area contributed by atoms with Crippen LogP contribution in [0.3, 0.4) is 0 Å². The Morgan fingerprint density at radius 3 is 2.23 bits per heavy atom. The quantitative estimate of drug-likeness (QED) is 0.0317. The molecule has 3 N–H and O–H groups in total. The van der Waals surface area contributed by atoms with E-state index in [1.54, 1.807) is 13.2 Å². The molecule has 0 aliphatic carbocycles. The molecule has 69 heavy (non-hydrogen) atoms. The molecule has 370 valence electrons. The zero-order valence-corrected chi connectivity index (χ0v) is 41.3. The molecule has 19 heteroatoms. The molecule has 0 bridgehead atoms. The molecule has 0 spiro atoms. The van der Waals surface area contributed by atoms with Gasteiger partial charge in [0, 0.05) is 84.8 Å². The first kappa shape index (κ1) is 51.1. The molecular weight excluding hydrogens is 931 g/mol. The fraction of sp³-hybridized carbons (Fsp3) is 0.400. The minimum Gasteiger partial charge on any atom is -0.492 e. The lowest BCUT2D eigenvalue weighted by Gasteiger charge is -2.44. The maximum absolute atomic E-state index is 13.2. The van der Waals surface area contributed by atoms with Gasteiger partial charge in [0.15, 0.2) is 5.71 Å². The zero-order valence-electron chi connectivity index (χ0n) is 39.6. The number of hydrogen-bond acceptors (Lipinski definition) is 14. The Bertz CT molecular complexity index is 2900. The second-order valence-electron chi connectivity index (χ2n) is 17.8. The van der Waals surface area contributed by atoms with Crippen molar-refractivity contribution in [1.82, 2.24) is 4.73 Å². The maximum Gasteiger partial charge on any atom is 0.333 e. The number of nitrogens with zero attached hydrogens (tertiary/aromatic N) is 3. The van der Waals surface area contributed by atoms with Gasteiger partial charge in [-0.3, -0.25) is 8.74 Å². The van der Waals surface area contributed by atoms with E-state index in [1.807, 2.05) is 60.0 Å². The van der Waals surface area contributed by atoms with Crippen molar-refractivity contribution in [3.63, 3.8) is 0 Å². The van der Waals surface area contributed by atoms with Gasteiger partial charge in [-0.15, -0.1) is 4.73 Å². The summed E-state index contributed by atoms with van der Waals surface area (Å²) >= 11 is 0. The number of methoxy groups -OCH3 is 1. The standard InChI is InChI=1S/C50H59N3O14S2/c1-34-33-49(2,3)52(21-22-64-25-26-65-24-23-62-5)42-32-44-39(31-38(34)42)36(28-43(66-44)35-12-8-7-9-13-35)29-45-50(4,19-10-14-48(56)67-53-46(54)17-18-47(53)55)40-30-37(69(59,60)61)15-16-41(40)51(45)20-11-27-68(57,58)63-6/h7-9,12-13,15-18,28-33H,10-11,14,19-27H2,1-6H3,(H2-,54,55,59,60,61)/p+1. The van der Waals surface area contributed by atoms with E-state index in [9.17, 15) is 36.4 Å². The topological polar surface area (TPSA) is 213 Å². The minimum absolute atomic E-state index is 0.118. The molecule has 3 aromatic carbocycles. The van der Waals surface area contributed by atoms with Crippen molar-refractivity contribution < 1.29 is 68.9 Å². The second kappa shape index (κ2) is 21.1. The number of aromatic nitrogens is 1. The molecule has 17 nitrogen and oxygen atoms in total. The predicted molar refractivity (Wildman–Crippen MR) is 260 cm³/mol. The lowest BCUT2D eigenvalue weighted by Crippen LogP contribution is -2.47. The summed E-state index contributed by atoms with van der Waals surface area (Å²) in [6, 6.07) is 20.4. The summed E-state index contributed by atoms with van der Waals surface area (Å²) in [4.78, 5) is 20.4. The summed E-state index contributed by atoms with van der Waals surface area (Å²) in [6.45, 7) is 11.3. The Morgan fingerprint density at radius 2 is 1.55 bits per heavy atom. The van der Waals surface area contributed by atoms with Crippen LogP contribution in [0, 0.1) is 0 Å². The Balaban J connectivity index is 1.35. The largest absolute Gasteiger partial charge is 0.492 e. The molecule has 0 radical (unpaired) electrons. The maximum atomic E-state index is 13.2. The predicted octanol–water partition coefficient (Wildman–Crippen LogP) is 6.89. The third-order valence-electron chi connectivity index (χ3n) is 12.6. The van der Waals surface area contributed by atoms with Crippen LogP contribution in [0.5, 0.6) is 17.5 Å². The monoisotopic (exact) mass is 990 g/mol. The van der Waals surface area contributed by atoms with E-state index in [0.29, 0.717) is 72.8 Å². The summed E-state index contributed by atoms with van der Waals surface area (Å²) in [5, 5.41) is 20.2. The van der Waals surface area contributed by atoms with Crippen LogP contribution >= 0.6 is 0 Å². The average molecular weight is 991 g/mol. The van der Waals surface area contributed by atoms with Crippen LogP contribution in [-0.2, 0) is 48.8 Å². The van der Waals surface area contributed by atoms with Crippen molar-refractivity contribution in [2.45, 2.75) is 69.2 Å². The van der Waals surface area contributed by atoms with Crippen molar-refractivity contribution in [3.05, 3.63) is 113 Å². The molecule has 1 unspecified atom stereocenters. The molecule has 4 heterocycles. The molecule has 0 fully saturated rings. The van der Waals surface area contributed by atoms with Gasteiger partial charge in [-0.1, -0.05) is 36.4 Å². The number of carbonyl (C=O) groups is 1. The number of fused-ring (bicyclic) bond motifs is 3. The van der Waals surface area contributed by atoms with Gasteiger partial charge in [0.25, 0.3) is 20.2 Å². The van der Waals surface area contributed by atoms with Crippen LogP contribution in [0.25, 0.3) is 16.9 Å². The molecule has 4 aromatic rings. The van der Waals surface area contributed by atoms with Gasteiger partial charge in [-0.05, 0) is 76.0 Å². The van der Waals surface area contributed by atoms with Gasteiger partial charge in [0.1, 0.15) is 18.1 Å². The zero-order chi connectivity index (χ0) is 49.7. The summed E-state index contributed by atoms with van der Waals surface area (Å²) < 4.78 is 91.7. The molecular formula is C50H60N3O14S2+. The number of allylic oxidation sites excluding steroid dienone is 4. The first-order valence-corrected chi connectivity index (χ1v) is 25.6. The Labute approximate surface area is 403 Å². The van der Waals surface area contributed by atoms with Crippen LogP contribution in [0.1, 0.15) is 75.6 Å². The number of hydrogen-bond donors (Lipinski definition) is 3. The van der Waals surface area contributed by atoms with Crippen LogP contribution in [0.4, 0.5) is 11.4 Å². The van der Waals surface area contributed by atoms with Crippen molar-refractivity contribution in [2.24, 2.45) is 0 Å². The number of ether oxygens (including phenoxy) is 4. The summed E-state index contributed by atoms with van der Waals surface area (Å²) in [6.07, 6.45) is 6.49. The van der Waals surface area contributed by atoms with E-state index in [2.05, 4.69) is 37.8 Å². The Morgan fingerprint density at radius 1 is 0.855 bits per heavy atom. The average Bonchev–Trinajstić information content (AvgIpc) is 3.74. The number of aromatic hydroxyl groups is 2. The number of rotatable bonds is 22. The van der Waals surface area contributed by atoms with Gasteiger partial charge < -0.3 is 38.9 Å².